The fraction of sp³-hybridized carbons (Fsp3) is 0.333. The van der Waals surface area contributed by atoms with Crippen LogP contribution in [0.15, 0.2) is 23.0 Å². The number of ether oxygens (including phenoxy) is 1. The van der Waals surface area contributed by atoms with E-state index in [4.69, 9.17) is 4.74 Å². The van der Waals surface area contributed by atoms with Crippen LogP contribution in [0.25, 0.3) is 11.4 Å². The summed E-state index contributed by atoms with van der Waals surface area (Å²) in [4.78, 5) is 19.0. The molecule has 0 radical (unpaired) electrons. The Labute approximate surface area is 112 Å². The van der Waals surface area contributed by atoms with E-state index in [0.717, 1.165) is 16.7 Å². The number of aromatic nitrogens is 2. The molecule has 1 N–H and O–H groups in total. The van der Waals surface area contributed by atoms with Crippen molar-refractivity contribution in [1.82, 2.24) is 9.97 Å². The van der Waals surface area contributed by atoms with Crippen molar-refractivity contribution in [3.8, 4) is 11.4 Å². The molecule has 0 bridgehead atoms. The second kappa shape index (κ2) is 5.36. The topological polar surface area (TPSA) is 55.0 Å². The van der Waals surface area contributed by atoms with E-state index in [2.05, 4.69) is 29.0 Å². The zero-order valence-electron chi connectivity index (χ0n) is 11.7. The molecule has 0 fully saturated rings. The summed E-state index contributed by atoms with van der Waals surface area (Å²) in [5.74, 6) is 0.606. The average molecular weight is 258 g/mol. The lowest BCUT2D eigenvalue weighted by Gasteiger charge is -2.11. The number of nitrogens with zero attached hydrogens (tertiary/aromatic N) is 1. The highest BCUT2D eigenvalue weighted by molar-refractivity contribution is 5.65. The van der Waals surface area contributed by atoms with Gasteiger partial charge in [-0.3, -0.25) is 4.79 Å². The standard InChI is InChI=1S/C15H18N2O2/c1-9-5-10(2)14(11(3)6-9)15-16-12(8-19-4)7-13(18)17-15/h5-7H,8H2,1-4H3,(H,16,17,18). The van der Waals surface area contributed by atoms with E-state index in [1.165, 1.54) is 11.6 Å². The van der Waals surface area contributed by atoms with Gasteiger partial charge in [0, 0.05) is 18.7 Å². The Balaban J connectivity index is 2.62. The fourth-order valence-corrected chi connectivity index (χ4v) is 2.40. The normalized spacial score (nSPS) is 10.7. The number of aromatic amines is 1. The van der Waals surface area contributed by atoms with Crippen LogP contribution in [-0.2, 0) is 11.3 Å². The van der Waals surface area contributed by atoms with E-state index >= 15 is 0 Å². The molecule has 2 rings (SSSR count). The van der Waals surface area contributed by atoms with E-state index in [1.54, 1.807) is 7.11 Å². The molecule has 2 aromatic rings. The number of methoxy groups -OCH3 is 1. The molecule has 0 saturated heterocycles. The monoisotopic (exact) mass is 258 g/mol. The van der Waals surface area contributed by atoms with Crippen LogP contribution in [-0.4, -0.2) is 17.1 Å². The van der Waals surface area contributed by atoms with Gasteiger partial charge in [-0.25, -0.2) is 4.98 Å². The van der Waals surface area contributed by atoms with Gasteiger partial charge in [-0.05, 0) is 31.9 Å². The van der Waals surface area contributed by atoms with Crippen molar-refractivity contribution in [2.75, 3.05) is 7.11 Å². The predicted octanol–water partition coefficient (Wildman–Crippen LogP) is 2.51. The fourth-order valence-electron chi connectivity index (χ4n) is 2.40. The lowest BCUT2D eigenvalue weighted by Crippen LogP contribution is -2.11. The average Bonchev–Trinajstić information content (AvgIpc) is 2.26. The SMILES string of the molecule is COCc1cc(=O)[nH]c(-c2c(C)cc(C)cc2C)n1. The van der Waals surface area contributed by atoms with Crippen LogP contribution in [0, 0.1) is 20.8 Å². The highest BCUT2D eigenvalue weighted by atomic mass is 16.5. The van der Waals surface area contributed by atoms with E-state index in [9.17, 15) is 4.79 Å². The molecule has 19 heavy (non-hydrogen) atoms. The van der Waals surface area contributed by atoms with E-state index < -0.39 is 0 Å². The highest BCUT2D eigenvalue weighted by Gasteiger charge is 2.10. The zero-order chi connectivity index (χ0) is 14.0. The number of benzene rings is 1. The first kappa shape index (κ1) is 13.5. The molecule has 0 aliphatic rings. The number of nitrogens with one attached hydrogen (secondary N) is 1. The van der Waals surface area contributed by atoms with Crippen LogP contribution in [0.5, 0.6) is 0 Å². The van der Waals surface area contributed by atoms with Gasteiger partial charge >= 0.3 is 0 Å². The molecular weight excluding hydrogens is 240 g/mol. The molecule has 4 nitrogen and oxygen atoms in total. The Hall–Kier alpha value is -1.94. The van der Waals surface area contributed by atoms with Crippen molar-refractivity contribution in [2.45, 2.75) is 27.4 Å². The molecule has 0 saturated carbocycles. The highest BCUT2D eigenvalue weighted by Crippen LogP contribution is 2.25. The van der Waals surface area contributed by atoms with Gasteiger partial charge < -0.3 is 9.72 Å². The van der Waals surface area contributed by atoms with Crippen molar-refractivity contribution < 1.29 is 4.74 Å². The van der Waals surface area contributed by atoms with E-state index in [0.29, 0.717) is 18.1 Å². The first-order valence-electron chi connectivity index (χ1n) is 6.18. The third-order valence-electron chi connectivity index (χ3n) is 3.00. The predicted molar refractivity (Wildman–Crippen MR) is 75.2 cm³/mol. The van der Waals surface area contributed by atoms with Crippen LogP contribution < -0.4 is 5.56 Å². The maximum atomic E-state index is 11.7. The molecular formula is C15H18N2O2. The van der Waals surface area contributed by atoms with Gasteiger partial charge in [-0.15, -0.1) is 0 Å². The molecule has 1 aromatic carbocycles. The summed E-state index contributed by atoms with van der Waals surface area (Å²) in [6.07, 6.45) is 0. The van der Waals surface area contributed by atoms with Gasteiger partial charge in [0.25, 0.3) is 5.56 Å². The van der Waals surface area contributed by atoms with E-state index in [-0.39, 0.29) is 5.56 Å². The van der Waals surface area contributed by atoms with Gasteiger partial charge in [-0.2, -0.15) is 0 Å². The van der Waals surface area contributed by atoms with Gasteiger partial charge in [0.05, 0.1) is 12.3 Å². The first-order valence-corrected chi connectivity index (χ1v) is 6.18. The first-order chi connectivity index (χ1) is 9.01. The summed E-state index contributed by atoms with van der Waals surface area (Å²) in [6.45, 7) is 6.44. The molecule has 0 unspecified atom stereocenters. The number of hydrogen-bond acceptors (Lipinski definition) is 3. The largest absolute Gasteiger partial charge is 0.378 e. The molecule has 1 heterocycles. The van der Waals surface area contributed by atoms with Crippen LogP contribution in [0.4, 0.5) is 0 Å². The lowest BCUT2D eigenvalue weighted by molar-refractivity contribution is 0.181. The van der Waals surface area contributed by atoms with Crippen LogP contribution in [0.3, 0.4) is 0 Å². The Morgan fingerprint density at radius 1 is 1.16 bits per heavy atom. The maximum Gasteiger partial charge on any atom is 0.251 e. The molecule has 0 spiro atoms. The molecule has 1 aromatic heterocycles. The molecule has 4 heteroatoms. The number of aryl methyl sites for hydroxylation is 3. The van der Waals surface area contributed by atoms with Gasteiger partial charge in [0.2, 0.25) is 0 Å². The Bertz CT molecular complexity index is 636. The lowest BCUT2D eigenvalue weighted by atomic mass is 9.99. The minimum absolute atomic E-state index is 0.156. The van der Waals surface area contributed by atoms with Crippen LogP contribution in [0.2, 0.25) is 0 Å². The van der Waals surface area contributed by atoms with Crippen molar-refractivity contribution in [2.24, 2.45) is 0 Å². The Morgan fingerprint density at radius 2 is 1.79 bits per heavy atom. The molecule has 0 aliphatic heterocycles. The quantitative estimate of drug-likeness (QED) is 0.920. The molecule has 0 aliphatic carbocycles. The summed E-state index contributed by atoms with van der Waals surface area (Å²) in [7, 11) is 1.59. The van der Waals surface area contributed by atoms with Gasteiger partial charge in [0.1, 0.15) is 5.82 Å². The van der Waals surface area contributed by atoms with Crippen molar-refractivity contribution in [3.63, 3.8) is 0 Å². The number of H-pyrrole nitrogens is 1. The second-order valence-electron chi connectivity index (χ2n) is 4.79. The summed E-state index contributed by atoms with van der Waals surface area (Å²) < 4.78 is 5.04. The zero-order valence-corrected chi connectivity index (χ0v) is 11.7. The number of hydrogen-bond donors (Lipinski definition) is 1. The maximum absolute atomic E-state index is 11.7. The van der Waals surface area contributed by atoms with Crippen molar-refractivity contribution >= 4 is 0 Å². The summed E-state index contributed by atoms with van der Waals surface area (Å²) in [5.41, 5.74) is 4.89. The minimum atomic E-state index is -0.156. The van der Waals surface area contributed by atoms with E-state index in [1.807, 2.05) is 13.8 Å². The third kappa shape index (κ3) is 2.90. The molecule has 0 atom stereocenters. The molecule has 100 valence electrons. The second-order valence-corrected chi connectivity index (χ2v) is 4.79. The van der Waals surface area contributed by atoms with Crippen molar-refractivity contribution in [1.29, 1.82) is 0 Å². The van der Waals surface area contributed by atoms with Crippen molar-refractivity contribution in [3.05, 3.63) is 50.9 Å². The van der Waals surface area contributed by atoms with Crippen LogP contribution in [0.1, 0.15) is 22.4 Å². The summed E-state index contributed by atoms with van der Waals surface area (Å²) >= 11 is 0. The molecule has 0 amide bonds. The van der Waals surface area contributed by atoms with Gasteiger partial charge in [-0.1, -0.05) is 17.7 Å². The smallest absolute Gasteiger partial charge is 0.251 e. The Morgan fingerprint density at radius 3 is 2.37 bits per heavy atom. The summed E-state index contributed by atoms with van der Waals surface area (Å²) in [5, 5.41) is 0. The third-order valence-corrected chi connectivity index (χ3v) is 3.00. The summed E-state index contributed by atoms with van der Waals surface area (Å²) in [6, 6.07) is 5.64. The van der Waals surface area contributed by atoms with Gasteiger partial charge in [0.15, 0.2) is 0 Å². The Kier molecular flexibility index (Phi) is 3.81. The van der Waals surface area contributed by atoms with Crippen LogP contribution >= 0.6 is 0 Å². The number of rotatable bonds is 3. The minimum Gasteiger partial charge on any atom is -0.378 e.